The SMILES string of the molecule is CCCCc1nc(-c2ccc(OC)cc2)c(/C=C/c2ccc(OC)cc2)o1. The van der Waals surface area contributed by atoms with Gasteiger partial charge in [0.25, 0.3) is 0 Å². The van der Waals surface area contributed by atoms with E-state index >= 15 is 0 Å². The molecule has 0 fully saturated rings. The van der Waals surface area contributed by atoms with Gasteiger partial charge in [-0.1, -0.05) is 31.6 Å². The van der Waals surface area contributed by atoms with Crippen LogP contribution in [-0.2, 0) is 6.42 Å². The first-order valence-corrected chi connectivity index (χ1v) is 9.19. The van der Waals surface area contributed by atoms with Gasteiger partial charge < -0.3 is 13.9 Å². The lowest BCUT2D eigenvalue weighted by Gasteiger charge is -2.01. The van der Waals surface area contributed by atoms with Crippen molar-refractivity contribution in [3.8, 4) is 22.8 Å². The molecule has 0 saturated carbocycles. The number of oxazole rings is 1. The smallest absolute Gasteiger partial charge is 0.195 e. The number of rotatable bonds is 8. The molecule has 0 N–H and O–H groups in total. The number of nitrogens with zero attached hydrogens (tertiary/aromatic N) is 1. The van der Waals surface area contributed by atoms with Gasteiger partial charge >= 0.3 is 0 Å². The second-order valence-electron chi connectivity index (χ2n) is 6.26. The van der Waals surface area contributed by atoms with E-state index in [9.17, 15) is 0 Å². The average molecular weight is 363 g/mol. The Morgan fingerprint density at radius 3 is 2.11 bits per heavy atom. The number of unbranched alkanes of at least 4 members (excludes halogenated alkanes) is 1. The third-order valence-corrected chi connectivity index (χ3v) is 4.35. The molecule has 1 aromatic heterocycles. The predicted octanol–water partition coefficient (Wildman–Crippen LogP) is 5.87. The Morgan fingerprint density at radius 2 is 1.52 bits per heavy atom. The fraction of sp³-hybridized carbons (Fsp3) is 0.261. The van der Waals surface area contributed by atoms with Gasteiger partial charge in [-0.3, -0.25) is 0 Å². The van der Waals surface area contributed by atoms with E-state index in [2.05, 4.69) is 6.92 Å². The molecule has 0 aliphatic heterocycles. The molecular weight excluding hydrogens is 338 g/mol. The van der Waals surface area contributed by atoms with Gasteiger partial charge in [0.2, 0.25) is 0 Å². The van der Waals surface area contributed by atoms with E-state index in [-0.39, 0.29) is 0 Å². The number of aryl methyl sites for hydroxylation is 1. The molecule has 0 unspecified atom stereocenters. The molecule has 4 nitrogen and oxygen atoms in total. The molecule has 0 amide bonds. The Hall–Kier alpha value is -3.01. The van der Waals surface area contributed by atoms with Gasteiger partial charge in [-0.15, -0.1) is 0 Å². The quantitative estimate of drug-likeness (QED) is 0.502. The van der Waals surface area contributed by atoms with Crippen molar-refractivity contribution in [3.63, 3.8) is 0 Å². The lowest BCUT2D eigenvalue weighted by atomic mass is 10.1. The minimum atomic E-state index is 0.766. The van der Waals surface area contributed by atoms with Crippen molar-refractivity contribution >= 4 is 12.2 Å². The van der Waals surface area contributed by atoms with Crippen molar-refractivity contribution in [2.24, 2.45) is 0 Å². The summed E-state index contributed by atoms with van der Waals surface area (Å²) in [6.45, 7) is 2.16. The molecule has 3 rings (SSSR count). The van der Waals surface area contributed by atoms with Crippen LogP contribution >= 0.6 is 0 Å². The number of aromatic nitrogens is 1. The van der Waals surface area contributed by atoms with Crippen molar-refractivity contribution < 1.29 is 13.9 Å². The summed E-state index contributed by atoms with van der Waals surface area (Å²) in [6, 6.07) is 15.8. The zero-order chi connectivity index (χ0) is 19.1. The van der Waals surface area contributed by atoms with Crippen LogP contribution in [0.4, 0.5) is 0 Å². The second kappa shape index (κ2) is 9.08. The molecule has 0 saturated heterocycles. The van der Waals surface area contributed by atoms with Crippen molar-refractivity contribution in [1.29, 1.82) is 0 Å². The van der Waals surface area contributed by atoms with Crippen LogP contribution in [0.3, 0.4) is 0 Å². The molecule has 0 aliphatic rings. The normalized spacial score (nSPS) is 11.1. The van der Waals surface area contributed by atoms with Crippen LogP contribution in [0.25, 0.3) is 23.4 Å². The maximum absolute atomic E-state index is 6.04. The van der Waals surface area contributed by atoms with E-state index in [1.54, 1.807) is 14.2 Å². The van der Waals surface area contributed by atoms with Gasteiger partial charge in [0.15, 0.2) is 11.7 Å². The summed E-state index contributed by atoms with van der Waals surface area (Å²) >= 11 is 0. The first-order valence-electron chi connectivity index (χ1n) is 9.19. The molecule has 0 bridgehead atoms. The van der Waals surface area contributed by atoms with Gasteiger partial charge in [0, 0.05) is 12.0 Å². The fourth-order valence-corrected chi connectivity index (χ4v) is 2.77. The zero-order valence-electron chi connectivity index (χ0n) is 16.1. The first-order chi connectivity index (χ1) is 13.2. The van der Waals surface area contributed by atoms with Crippen molar-refractivity contribution in [3.05, 3.63) is 65.7 Å². The van der Waals surface area contributed by atoms with Gasteiger partial charge in [-0.25, -0.2) is 4.98 Å². The third-order valence-electron chi connectivity index (χ3n) is 4.35. The predicted molar refractivity (Wildman–Crippen MR) is 109 cm³/mol. The minimum absolute atomic E-state index is 0.766. The number of ether oxygens (including phenoxy) is 2. The van der Waals surface area contributed by atoms with Gasteiger partial charge in [-0.2, -0.15) is 0 Å². The summed E-state index contributed by atoms with van der Waals surface area (Å²) in [6.07, 6.45) is 7.01. The maximum Gasteiger partial charge on any atom is 0.195 e. The van der Waals surface area contributed by atoms with E-state index in [0.717, 1.165) is 59.2 Å². The van der Waals surface area contributed by atoms with Crippen molar-refractivity contribution in [1.82, 2.24) is 4.98 Å². The van der Waals surface area contributed by atoms with Gasteiger partial charge in [0.05, 0.1) is 14.2 Å². The lowest BCUT2D eigenvalue weighted by Crippen LogP contribution is -1.86. The molecule has 0 spiro atoms. The van der Waals surface area contributed by atoms with Gasteiger partial charge in [0.1, 0.15) is 17.2 Å². The largest absolute Gasteiger partial charge is 0.497 e. The Bertz CT molecular complexity index is 877. The summed E-state index contributed by atoms with van der Waals surface area (Å²) in [5.41, 5.74) is 2.94. The molecule has 4 heteroatoms. The number of benzene rings is 2. The highest BCUT2D eigenvalue weighted by molar-refractivity contribution is 5.76. The molecule has 1 heterocycles. The molecule has 2 aromatic carbocycles. The van der Waals surface area contributed by atoms with Crippen molar-refractivity contribution in [2.45, 2.75) is 26.2 Å². The summed E-state index contributed by atoms with van der Waals surface area (Å²) in [5, 5.41) is 0. The maximum atomic E-state index is 6.04. The van der Waals surface area contributed by atoms with Crippen LogP contribution in [0, 0.1) is 0 Å². The Kier molecular flexibility index (Phi) is 6.31. The summed E-state index contributed by atoms with van der Waals surface area (Å²) in [4.78, 5) is 4.73. The topological polar surface area (TPSA) is 44.5 Å². The molecule has 3 aromatic rings. The van der Waals surface area contributed by atoms with E-state index < -0.39 is 0 Å². The van der Waals surface area contributed by atoms with Crippen LogP contribution in [0.15, 0.2) is 52.9 Å². The molecule has 27 heavy (non-hydrogen) atoms. The van der Waals surface area contributed by atoms with Crippen LogP contribution < -0.4 is 9.47 Å². The summed E-state index contributed by atoms with van der Waals surface area (Å²) < 4.78 is 16.5. The number of methoxy groups -OCH3 is 2. The van der Waals surface area contributed by atoms with Crippen LogP contribution in [0.5, 0.6) is 11.5 Å². The van der Waals surface area contributed by atoms with Crippen LogP contribution in [0.1, 0.15) is 37.0 Å². The fourth-order valence-electron chi connectivity index (χ4n) is 2.77. The molecule has 0 aliphatic carbocycles. The number of hydrogen-bond donors (Lipinski definition) is 0. The van der Waals surface area contributed by atoms with Crippen LogP contribution in [0.2, 0.25) is 0 Å². The standard InChI is InChI=1S/C23H25NO3/c1-4-5-6-22-24-23(18-10-14-20(26-3)15-11-18)21(27-22)16-9-17-7-12-19(25-2)13-8-17/h7-16H,4-6H2,1-3H3/b16-9+. The Balaban J connectivity index is 1.90. The Labute approximate surface area is 160 Å². The molecule has 0 radical (unpaired) electrons. The number of hydrogen-bond acceptors (Lipinski definition) is 4. The summed E-state index contributed by atoms with van der Waals surface area (Å²) in [5.74, 6) is 3.20. The highest BCUT2D eigenvalue weighted by Gasteiger charge is 2.13. The van der Waals surface area contributed by atoms with E-state index in [0.29, 0.717) is 0 Å². The lowest BCUT2D eigenvalue weighted by molar-refractivity contribution is 0.414. The van der Waals surface area contributed by atoms with E-state index in [1.165, 1.54) is 0 Å². The minimum Gasteiger partial charge on any atom is -0.497 e. The molecular formula is C23H25NO3. The van der Waals surface area contributed by atoms with Gasteiger partial charge in [-0.05, 0) is 54.5 Å². The van der Waals surface area contributed by atoms with Crippen LogP contribution in [-0.4, -0.2) is 19.2 Å². The summed E-state index contributed by atoms with van der Waals surface area (Å²) in [7, 11) is 3.33. The highest BCUT2D eigenvalue weighted by atomic mass is 16.5. The zero-order valence-corrected chi connectivity index (χ0v) is 16.1. The first kappa shape index (κ1) is 18.8. The van der Waals surface area contributed by atoms with E-state index in [1.807, 2.05) is 60.7 Å². The Morgan fingerprint density at radius 1 is 0.889 bits per heavy atom. The van der Waals surface area contributed by atoms with Crippen molar-refractivity contribution in [2.75, 3.05) is 14.2 Å². The molecule has 0 atom stereocenters. The monoisotopic (exact) mass is 363 g/mol. The molecule has 140 valence electrons. The second-order valence-corrected chi connectivity index (χ2v) is 6.26. The average Bonchev–Trinajstić information content (AvgIpc) is 3.14. The third kappa shape index (κ3) is 4.79. The van der Waals surface area contributed by atoms with E-state index in [4.69, 9.17) is 18.9 Å². The highest BCUT2D eigenvalue weighted by Crippen LogP contribution is 2.28.